The Morgan fingerprint density at radius 1 is 1.27 bits per heavy atom. The minimum atomic E-state index is -0.105. The number of carbonyl (C=O) groups excluding carboxylic acids is 1. The van der Waals surface area contributed by atoms with Crippen LogP contribution in [0.2, 0.25) is 0 Å². The third kappa shape index (κ3) is 4.71. The minimum absolute atomic E-state index is 0.105. The van der Waals surface area contributed by atoms with Crippen LogP contribution in [0.1, 0.15) is 57.7 Å². The molecule has 140 valence electrons. The van der Waals surface area contributed by atoms with Crippen molar-refractivity contribution in [1.82, 2.24) is 14.9 Å². The molecule has 1 aromatic carbocycles. The Labute approximate surface area is 154 Å². The second-order valence-corrected chi connectivity index (χ2v) is 7.35. The second-order valence-electron chi connectivity index (χ2n) is 7.35. The summed E-state index contributed by atoms with van der Waals surface area (Å²) in [5.41, 5.74) is 0.610. The van der Waals surface area contributed by atoms with Crippen LogP contribution in [-0.2, 0) is 11.2 Å². The molecule has 2 heterocycles. The number of fused-ring (bicyclic) bond motifs is 1. The number of hydrogen-bond acceptors (Lipinski definition) is 3. The molecule has 1 amide bonds. The highest BCUT2D eigenvalue weighted by atomic mass is 16.2. The predicted molar refractivity (Wildman–Crippen MR) is 104 cm³/mol. The first-order valence-electron chi connectivity index (χ1n) is 9.93. The van der Waals surface area contributed by atoms with Crippen LogP contribution in [0.3, 0.4) is 0 Å². The standard InChI is InChI=1S/C21H29N3O2/c1-2-7-16-8-6-14-24(15-13-16)20(25)12-5-11-19-22-18-10-4-3-9-17(18)21(26)23-19/h3-4,9-10,16H,2,5-8,11-15H2,1H3,(H,22,23,26). The number of amides is 1. The lowest BCUT2D eigenvalue weighted by Gasteiger charge is -2.20. The number of para-hydroxylation sites is 1. The number of likely N-dealkylation sites (tertiary alicyclic amines) is 1. The van der Waals surface area contributed by atoms with Crippen molar-refractivity contribution < 1.29 is 4.79 Å². The molecule has 26 heavy (non-hydrogen) atoms. The van der Waals surface area contributed by atoms with Crippen molar-refractivity contribution in [2.24, 2.45) is 5.92 Å². The Morgan fingerprint density at radius 3 is 2.96 bits per heavy atom. The first kappa shape index (κ1) is 18.6. The normalized spacial score (nSPS) is 18.0. The van der Waals surface area contributed by atoms with E-state index in [0.29, 0.717) is 29.6 Å². The van der Waals surface area contributed by atoms with E-state index in [4.69, 9.17) is 0 Å². The molecule has 1 fully saturated rings. The zero-order valence-corrected chi connectivity index (χ0v) is 15.7. The van der Waals surface area contributed by atoms with Gasteiger partial charge in [-0.1, -0.05) is 31.9 Å². The molecular weight excluding hydrogens is 326 g/mol. The van der Waals surface area contributed by atoms with E-state index in [1.54, 1.807) is 6.07 Å². The summed E-state index contributed by atoms with van der Waals surface area (Å²) >= 11 is 0. The smallest absolute Gasteiger partial charge is 0.258 e. The maximum Gasteiger partial charge on any atom is 0.258 e. The molecule has 1 aliphatic rings. The van der Waals surface area contributed by atoms with Crippen LogP contribution >= 0.6 is 0 Å². The molecular formula is C21H29N3O2. The van der Waals surface area contributed by atoms with E-state index >= 15 is 0 Å². The van der Waals surface area contributed by atoms with Gasteiger partial charge in [-0.05, 0) is 43.7 Å². The van der Waals surface area contributed by atoms with E-state index in [0.717, 1.165) is 38.3 Å². The van der Waals surface area contributed by atoms with E-state index in [-0.39, 0.29) is 11.5 Å². The monoisotopic (exact) mass is 355 g/mol. The number of aromatic amines is 1. The zero-order chi connectivity index (χ0) is 18.4. The fourth-order valence-corrected chi connectivity index (χ4v) is 3.93. The molecule has 3 rings (SSSR count). The largest absolute Gasteiger partial charge is 0.343 e. The van der Waals surface area contributed by atoms with Gasteiger partial charge in [-0.15, -0.1) is 0 Å². The Bertz CT molecular complexity index is 799. The van der Waals surface area contributed by atoms with Gasteiger partial charge in [0.1, 0.15) is 5.82 Å². The van der Waals surface area contributed by atoms with Gasteiger partial charge in [0.15, 0.2) is 0 Å². The fourth-order valence-electron chi connectivity index (χ4n) is 3.93. The Kier molecular flexibility index (Phi) is 6.42. The van der Waals surface area contributed by atoms with Gasteiger partial charge in [-0.25, -0.2) is 4.98 Å². The van der Waals surface area contributed by atoms with Gasteiger partial charge in [0.05, 0.1) is 10.9 Å². The van der Waals surface area contributed by atoms with Crippen LogP contribution in [0.5, 0.6) is 0 Å². The van der Waals surface area contributed by atoms with E-state index in [9.17, 15) is 9.59 Å². The highest BCUT2D eigenvalue weighted by Gasteiger charge is 2.19. The summed E-state index contributed by atoms with van der Waals surface area (Å²) in [5, 5.41) is 0.610. The lowest BCUT2D eigenvalue weighted by Crippen LogP contribution is -2.31. The third-order valence-electron chi connectivity index (χ3n) is 5.36. The van der Waals surface area contributed by atoms with E-state index in [1.807, 2.05) is 23.1 Å². The lowest BCUT2D eigenvalue weighted by atomic mass is 9.96. The molecule has 5 nitrogen and oxygen atoms in total. The Morgan fingerprint density at radius 2 is 2.12 bits per heavy atom. The molecule has 1 atom stereocenters. The van der Waals surface area contributed by atoms with Gasteiger partial charge >= 0.3 is 0 Å². The SMILES string of the molecule is CCCC1CCCN(C(=O)CCCc2nc3ccccc3c(=O)[nH]2)CC1. The van der Waals surface area contributed by atoms with Crippen LogP contribution in [0.4, 0.5) is 0 Å². The number of H-pyrrole nitrogens is 1. The fraction of sp³-hybridized carbons (Fsp3) is 0.571. The third-order valence-corrected chi connectivity index (χ3v) is 5.36. The molecule has 2 aromatic rings. The number of nitrogens with one attached hydrogen (secondary N) is 1. The molecule has 1 N–H and O–H groups in total. The van der Waals surface area contributed by atoms with E-state index < -0.39 is 0 Å². The summed E-state index contributed by atoms with van der Waals surface area (Å²) in [4.78, 5) is 34.0. The molecule has 1 unspecified atom stereocenters. The van der Waals surface area contributed by atoms with Crippen molar-refractivity contribution >= 4 is 16.8 Å². The number of carbonyl (C=O) groups is 1. The molecule has 0 bridgehead atoms. The van der Waals surface area contributed by atoms with Crippen molar-refractivity contribution in [1.29, 1.82) is 0 Å². The van der Waals surface area contributed by atoms with Crippen LogP contribution in [0.15, 0.2) is 29.1 Å². The van der Waals surface area contributed by atoms with Gasteiger partial charge in [0, 0.05) is 25.9 Å². The summed E-state index contributed by atoms with van der Waals surface area (Å²) in [6.45, 7) is 4.03. The maximum atomic E-state index is 12.5. The van der Waals surface area contributed by atoms with Crippen molar-refractivity contribution in [3.05, 3.63) is 40.4 Å². The first-order valence-corrected chi connectivity index (χ1v) is 9.93. The molecule has 0 saturated carbocycles. The Hall–Kier alpha value is -2.17. The van der Waals surface area contributed by atoms with Crippen molar-refractivity contribution in [3.8, 4) is 0 Å². The second kappa shape index (κ2) is 8.97. The average molecular weight is 355 g/mol. The van der Waals surface area contributed by atoms with Crippen LogP contribution in [0.25, 0.3) is 10.9 Å². The summed E-state index contributed by atoms with van der Waals surface area (Å²) in [6.07, 6.45) is 7.88. The molecule has 0 radical (unpaired) electrons. The number of rotatable bonds is 6. The van der Waals surface area contributed by atoms with Gasteiger partial charge in [0.25, 0.3) is 5.56 Å². The first-order chi connectivity index (χ1) is 12.7. The summed E-state index contributed by atoms with van der Waals surface area (Å²) < 4.78 is 0. The number of hydrogen-bond donors (Lipinski definition) is 1. The molecule has 1 aliphatic heterocycles. The quantitative estimate of drug-likeness (QED) is 0.860. The lowest BCUT2D eigenvalue weighted by molar-refractivity contribution is -0.131. The minimum Gasteiger partial charge on any atom is -0.343 e. The number of aryl methyl sites for hydroxylation is 1. The van der Waals surface area contributed by atoms with Crippen LogP contribution in [0, 0.1) is 5.92 Å². The molecule has 0 spiro atoms. The van der Waals surface area contributed by atoms with Crippen molar-refractivity contribution in [2.75, 3.05) is 13.1 Å². The van der Waals surface area contributed by atoms with E-state index in [2.05, 4.69) is 16.9 Å². The summed E-state index contributed by atoms with van der Waals surface area (Å²) in [6, 6.07) is 7.35. The maximum absolute atomic E-state index is 12.5. The number of benzene rings is 1. The highest BCUT2D eigenvalue weighted by Crippen LogP contribution is 2.22. The van der Waals surface area contributed by atoms with Crippen molar-refractivity contribution in [3.63, 3.8) is 0 Å². The average Bonchev–Trinajstić information content (AvgIpc) is 2.88. The number of nitrogens with zero attached hydrogens (tertiary/aromatic N) is 2. The summed E-state index contributed by atoms with van der Waals surface area (Å²) in [5.74, 6) is 1.69. The topological polar surface area (TPSA) is 66.1 Å². The van der Waals surface area contributed by atoms with Gasteiger partial charge in [-0.2, -0.15) is 0 Å². The van der Waals surface area contributed by atoms with Crippen molar-refractivity contribution in [2.45, 2.75) is 58.3 Å². The number of aromatic nitrogens is 2. The highest BCUT2D eigenvalue weighted by molar-refractivity contribution is 5.77. The molecule has 0 aliphatic carbocycles. The van der Waals surface area contributed by atoms with Crippen LogP contribution in [-0.4, -0.2) is 33.9 Å². The molecule has 5 heteroatoms. The van der Waals surface area contributed by atoms with E-state index in [1.165, 1.54) is 19.3 Å². The zero-order valence-electron chi connectivity index (χ0n) is 15.7. The Balaban J connectivity index is 1.51. The molecule has 1 aromatic heterocycles. The molecule has 1 saturated heterocycles. The van der Waals surface area contributed by atoms with Gasteiger partial charge in [0.2, 0.25) is 5.91 Å². The predicted octanol–water partition coefficient (Wildman–Crippen LogP) is 3.67. The summed E-state index contributed by atoms with van der Waals surface area (Å²) in [7, 11) is 0. The van der Waals surface area contributed by atoms with Gasteiger partial charge in [-0.3, -0.25) is 9.59 Å². The van der Waals surface area contributed by atoms with Gasteiger partial charge < -0.3 is 9.88 Å². The van der Waals surface area contributed by atoms with Crippen LogP contribution < -0.4 is 5.56 Å².